The monoisotopic (exact) mass is 427 g/mol. The van der Waals surface area contributed by atoms with E-state index in [0.717, 1.165) is 41.0 Å². The van der Waals surface area contributed by atoms with Crippen molar-refractivity contribution in [2.24, 2.45) is 0 Å². The highest BCUT2D eigenvalue weighted by molar-refractivity contribution is 5.78. The van der Waals surface area contributed by atoms with Crippen molar-refractivity contribution < 1.29 is 9.47 Å². The highest BCUT2D eigenvalue weighted by atomic mass is 16.7. The molecule has 3 unspecified atom stereocenters. The molecule has 0 amide bonds. The standard InChI is InChI=1S/C29H33NO2/c1-6-28-19-22(4)31-29(32-28)23(5)24-11-17-27(18-12-24)30(25-13-7-20(2)8-14-25)26-15-9-21(3)10-16-26/h7-18,22,28-29H,5-6,19H2,1-4H3. The van der Waals surface area contributed by atoms with E-state index in [1.807, 2.05) is 0 Å². The van der Waals surface area contributed by atoms with Crippen LogP contribution in [0, 0.1) is 13.8 Å². The Morgan fingerprint density at radius 1 is 0.812 bits per heavy atom. The van der Waals surface area contributed by atoms with Crippen molar-refractivity contribution in [3.63, 3.8) is 0 Å². The molecular formula is C29H33NO2. The number of hydrogen-bond acceptors (Lipinski definition) is 3. The Hall–Kier alpha value is -2.88. The highest BCUT2D eigenvalue weighted by Crippen LogP contribution is 2.36. The van der Waals surface area contributed by atoms with Crippen molar-refractivity contribution in [2.75, 3.05) is 4.90 Å². The van der Waals surface area contributed by atoms with Gasteiger partial charge in [-0.25, -0.2) is 0 Å². The minimum Gasteiger partial charge on any atom is -0.345 e. The van der Waals surface area contributed by atoms with E-state index in [0.29, 0.717) is 0 Å². The molecule has 0 bridgehead atoms. The van der Waals surface area contributed by atoms with Crippen LogP contribution in [0.4, 0.5) is 17.1 Å². The molecule has 3 heteroatoms. The summed E-state index contributed by atoms with van der Waals surface area (Å²) in [5.41, 5.74) is 7.76. The SMILES string of the molecule is C=C(c1ccc(N(c2ccc(C)cc2)c2ccc(C)cc2)cc1)C1OC(C)CC(CC)O1. The van der Waals surface area contributed by atoms with E-state index in [9.17, 15) is 0 Å². The molecule has 4 rings (SSSR count). The van der Waals surface area contributed by atoms with E-state index in [1.54, 1.807) is 0 Å². The second-order valence-electron chi connectivity index (χ2n) is 8.76. The van der Waals surface area contributed by atoms with Gasteiger partial charge >= 0.3 is 0 Å². The molecule has 0 radical (unpaired) electrons. The zero-order valence-electron chi connectivity index (χ0n) is 19.5. The Balaban J connectivity index is 1.62. The molecule has 1 fully saturated rings. The van der Waals surface area contributed by atoms with Crippen molar-refractivity contribution in [3.8, 4) is 0 Å². The zero-order valence-corrected chi connectivity index (χ0v) is 19.5. The predicted molar refractivity (Wildman–Crippen MR) is 134 cm³/mol. The first kappa shape index (κ1) is 22.3. The summed E-state index contributed by atoms with van der Waals surface area (Å²) in [6, 6.07) is 25.8. The largest absolute Gasteiger partial charge is 0.345 e. The molecule has 1 saturated heterocycles. The Kier molecular flexibility index (Phi) is 6.78. The molecular weight excluding hydrogens is 394 g/mol. The molecule has 1 aliphatic rings. The Bertz CT molecular complexity index is 993. The molecule has 3 aromatic rings. The number of rotatable bonds is 6. The minimum atomic E-state index is -0.389. The Morgan fingerprint density at radius 2 is 1.28 bits per heavy atom. The van der Waals surface area contributed by atoms with Gasteiger partial charge in [0.25, 0.3) is 0 Å². The molecule has 0 aliphatic carbocycles. The summed E-state index contributed by atoms with van der Waals surface area (Å²) < 4.78 is 12.2. The van der Waals surface area contributed by atoms with Crippen molar-refractivity contribution in [3.05, 3.63) is 96.1 Å². The average molecular weight is 428 g/mol. The Morgan fingerprint density at radius 3 is 1.75 bits per heavy atom. The molecule has 3 atom stereocenters. The van der Waals surface area contributed by atoms with Gasteiger partial charge in [-0.15, -0.1) is 0 Å². The number of anilines is 3. The van der Waals surface area contributed by atoms with Gasteiger partial charge in [0.15, 0.2) is 6.29 Å². The topological polar surface area (TPSA) is 21.7 Å². The lowest BCUT2D eigenvalue weighted by Crippen LogP contribution is -2.37. The fraction of sp³-hybridized carbons (Fsp3) is 0.310. The number of hydrogen-bond donors (Lipinski definition) is 0. The lowest BCUT2D eigenvalue weighted by Gasteiger charge is -2.35. The zero-order chi connectivity index (χ0) is 22.7. The molecule has 1 heterocycles. The molecule has 0 N–H and O–H groups in total. The third kappa shape index (κ3) is 4.95. The average Bonchev–Trinajstić information content (AvgIpc) is 2.81. The fourth-order valence-electron chi connectivity index (χ4n) is 4.12. The third-order valence-electron chi connectivity index (χ3n) is 6.09. The van der Waals surface area contributed by atoms with E-state index in [4.69, 9.17) is 9.47 Å². The van der Waals surface area contributed by atoms with Gasteiger partial charge in [-0.3, -0.25) is 0 Å². The summed E-state index contributed by atoms with van der Waals surface area (Å²) in [7, 11) is 0. The van der Waals surface area contributed by atoms with E-state index in [2.05, 4.69) is 112 Å². The van der Waals surface area contributed by atoms with E-state index >= 15 is 0 Å². The molecule has 3 aromatic carbocycles. The maximum Gasteiger partial charge on any atom is 0.184 e. The van der Waals surface area contributed by atoms with Gasteiger partial charge in [-0.05, 0) is 75.6 Å². The number of aryl methyl sites for hydroxylation is 2. The van der Waals surface area contributed by atoms with Gasteiger partial charge in [0.1, 0.15) is 0 Å². The second kappa shape index (κ2) is 9.72. The summed E-state index contributed by atoms with van der Waals surface area (Å²) in [4.78, 5) is 2.27. The van der Waals surface area contributed by atoms with Gasteiger partial charge in [0, 0.05) is 22.6 Å². The summed E-state index contributed by atoms with van der Waals surface area (Å²) >= 11 is 0. The van der Waals surface area contributed by atoms with Crippen LogP contribution in [-0.4, -0.2) is 18.5 Å². The molecule has 32 heavy (non-hydrogen) atoms. The quantitative estimate of drug-likeness (QED) is 0.402. The van der Waals surface area contributed by atoms with Crippen molar-refractivity contribution in [2.45, 2.75) is 59.0 Å². The van der Waals surface area contributed by atoms with Gasteiger partial charge in [0.05, 0.1) is 12.2 Å². The number of benzene rings is 3. The first-order chi connectivity index (χ1) is 15.4. The maximum atomic E-state index is 6.13. The smallest absolute Gasteiger partial charge is 0.184 e. The van der Waals surface area contributed by atoms with Gasteiger partial charge in [-0.2, -0.15) is 0 Å². The molecule has 0 aromatic heterocycles. The van der Waals surface area contributed by atoms with Crippen molar-refractivity contribution in [1.82, 2.24) is 0 Å². The number of ether oxygens (including phenoxy) is 2. The van der Waals surface area contributed by atoms with Gasteiger partial charge in [-0.1, -0.05) is 61.0 Å². The van der Waals surface area contributed by atoms with Crippen LogP contribution in [0.1, 0.15) is 43.4 Å². The molecule has 0 saturated carbocycles. The maximum absolute atomic E-state index is 6.13. The van der Waals surface area contributed by atoms with Crippen LogP contribution < -0.4 is 4.90 Å². The van der Waals surface area contributed by atoms with Crippen LogP contribution in [0.5, 0.6) is 0 Å². The third-order valence-corrected chi connectivity index (χ3v) is 6.09. The van der Waals surface area contributed by atoms with Gasteiger partial charge < -0.3 is 14.4 Å². The van der Waals surface area contributed by atoms with E-state index in [1.165, 1.54) is 11.1 Å². The van der Waals surface area contributed by atoms with Gasteiger partial charge in [0.2, 0.25) is 0 Å². The first-order valence-corrected chi connectivity index (χ1v) is 11.5. The van der Waals surface area contributed by atoms with Crippen molar-refractivity contribution >= 4 is 22.6 Å². The van der Waals surface area contributed by atoms with E-state index < -0.39 is 0 Å². The van der Waals surface area contributed by atoms with Crippen LogP contribution in [0.2, 0.25) is 0 Å². The summed E-state index contributed by atoms with van der Waals surface area (Å²) in [6.07, 6.45) is 1.92. The number of nitrogens with zero attached hydrogens (tertiary/aromatic N) is 1. The highest BCUT2D eigenvalue weighted by Gasteiger charge is 2.29. The molecule has 3 nitrogen and oxygen atoms in total. The van der Waals surface area contributed by atoms with Crippen LogP contribution in [0.3, 0.4) is 0 Å². The van der Waals surface area contributed by atoms with Crippen molar-refractivity contribution in [1.29, 1.82) is 0 Å². The first-order valence-electron chi connectivity index (χ1n) is 11.5. The summed E-state index contributed by atoms with van der Waals surface area (Å²) in [5, 5.41) is 0. The second-order valence-corrected chi connectivity index (χ2v) is 8.76. The molecule has 166 valence electrons. The summed E-state index contributed by atoms with van der Waals surface area (Å²) in [6.45, 7) is 12.8. The Labute approximate surface area is 192 Å². The normalized spacial score (nSPS) is 20.7. The van der Waals surface area contributed by atoms with Crippen LogP contribution in [-0.2, 0) is 9.47 Å². The fourth-order valence-corrected chi connectivity index (χ4v) is 4.12. The molecule has 0 spiro atoms. The van der Waals surface area contributed by atoms with Crippen LogP contribution >= 0.6 is 0 Å². The lowest BCUT2D eigenvalue weighted by molar-refractivity contribution is -0.209. The minimum absolute atomic E-state index is 0.174. The van der Waals surface area contributed by atoms with Crippen LogP contribution in [0.25, 0.3) is 5.57 Å². The van der Waals surface area contributed by atoms with Crippen LogP contribution in [0.15, 0.2) is 79.4 Å². The lowest BCUT2D eigenvalue weighted by atomic mass is 10.0. The van der Waals surface area contributed by atoms with E-state index in [-0.39, 0.29) is 18.5 Å². The molecule has 1 aliphatic heterocycles. The summed E-state index contributed by atoms with van der Waals surface area (Å²) in [5.74, 6) is 0. The predicted octanol–water partition coefficient (Wildman–Crippen LogP) is 7.72.